The summed E-state index contributed by atoms with van der Waals surface area (Å²) in [4.78, 5) is 0. The van der Waals surface area contributed by atoms with E-state index in [0.717, 1.165) is 28.9 Å². The van der Waals surface area contributed by atoms with Crippen molar-refractivity contribution in [3.05, 3.63) is 48.0 Å². The van der Waals surface area contributed by atoms with E-state index >= 15 is 0 Å². The molecule has 2 N–H and O–H groups in total. The van der Waals surface area contributed by atoms with Crippen LogP contribution in [0, 0.1) is 6.92 Å². The Morgan fingerprint density at radius 2 is 1.62 bits per heavy atom. The van der Waals surface area contributed by atoms with Crippen molar-refractivity contribution < 1.29 is 13.2 Å². The van der Waals surface area contributed by atoms with Gasteiger partial charge < -0.3 is 10.1 Å². The van der Waals surface area contributed by atoms with Crippen molar-refractivity contribution in [2.45, 2.75) is 6.92 Å². The molecule has 6 heteroatoms. The van der Waals surface area contributed by atoms with Gasteiger partial charge >= 0.3 is 0 Å². The van der Waals surface area contributed by atoms with Crippen LogP contribution in [0.3, 0.4) is 0 Å². The number of hydrogen-bond donors (Lipinski definition) is 2. The predicted octanol–water partition coefficient (Wildman–Crippen LogP) is 3.12. The van der Waals surface area contributed by atoms with Crippen molar-refractivity contribution in [2.24, 2.45) is 0 Å². The third kappa shape index (κ3) is 4.39. The Morgan fingerprint density at radius 1 is 1.00 bits per heavy atom. The molecule has 0 bridgehead atoms. The number of aryl methyl sites for hydroxylation is 1. The van der Waals surface area contributed by atoms with Gasteiger partial charge in [0.15, 0.2) is 0 Å². The number of nitrogens with one attached hydrogen (secondary N) is 2. The van der Waals surface area contributed by atoms with Crippen LogP contribution in [0.25, 0.3) is 0 Å². The molecule has 0 aliphatic rings. The van der Waals surface area contributed by atoms with Crippen molar-refractivity contribution in [1.82, 2.24) is 0 Å². The number of hydrogen-bond acceptors (Lipinski definition) is 4. The fourth-order valence-corrected chi connectivity index (χ4v) is 2.47. The first-order valence-corrected chi connectivity index (χ1v) is 8.26. The number of benzene rings is 2. The van der Waals surface area contributed by atoms with E-state index in [4.69, 9.17) is 4.74 Å². The summed E-state index contributed by atoms with van der Waals surface area (Å²) in [5.74, 6) is 0.749. The minimum atomic E-state index is -3.26. The topological polar surface area (TPSA) is 67.4 Å². The van der Waals surface area contributed by atoms with Crippen LogP contribution in [0.15, 0.2) is 42.5 Å². The highest BCUT2D eigenvalue weighted by molar-refractivity contribution is 7.92. The SMILES string of the molecule is COc1ccc(C)cc1Nc1ccc(NS(C)(=O)=O)cc1. The van der Waals surface area contributed by atoms with Gasteiger partial charge in [-0.25, -0.2) is 8.42 Å². The molecule has 5 nitrogen and oxygen atoms in total. The van der Waals surface area contributed by atoms with Gasteiger partial charge in [0.05, 0.1) is 19.1 Å². The molecule has 2 aromatic rings. The Bertz CT molecular complexity index is 725. The van der Waals surface area contributed by atoms with Crippen LogP contribution in [-0.2, 0) is 10.0 Å². The molecular weight excluding hydrogens is 288 g/mol. The van der Waals surface area contributed by atoms with Gasteiger partial charge in [0.2, 0.25) is 10.0 Å². The van der Waals surface area contributed by atoms with Gasteiger partial charge in [-0.1, -0.05) is 6.07 Å². The molecule has 112 valence electrons. The lowest BCUT2D eigenvalue weighted by atomic mass is 10.2. The zero-order valence-electron chi connectivity index (χ0n) is 12.2. The fourth-order valence-electron chi connectivity index (χ4n) is 1.91. The third-order valence-electron chi connectivity index (χ3n) is 2.82. The Balaban J connectivity index is 2.19. The molecule has 0 heterocycles. The molecule has 0 fully saturated rings. The Morgan fingerprint density at radius 3 is 2.19 bits per heavy atom. The minimum Gasteiger partial charge on any atom is -0.495 e. The zero-order valence-corrected chi connectivity index (χ0v) is 13.0. The zero-order chi connectivity index (χ0) is 15.5. The highest BCUT2D eigenvalue weighted by Crippen LogP contribution is 2.29. The summed E-state index contributed by atoms with van der Waals surface area (Å²) in [6.07, 6.45) is 1.12. The van der Waals surface area contributed by atoms with Gasteiger partial charge in [0.25, 0.3) is 0 Å². The van der Waals surface area contributed by atoms with Crippen LogP contribution in [0.1, 0.15) is 5.56 Å². The third-order valence-corrected chi connectivity index (χ3v) is 3.43. The van der Waals surface area contributed by atoms with Gasteiger partial charge in [-0.15, -0.1) is 0 Å². The Labute approximate surface area is 125 Å². The first kappa shape index (κ1) is 15.2. The van der Waals surface area contributed by atoms with Crippen molar-refractivity contribution in [3.8, 4) is 5.75 Å². The van der Waals surface area contributed by atoms with Gasteiger partial charge in [-0.3, -0.25) is 4.72 Å². The first-order chi connectivity index (χ1) is 9.87. The molecule has 0 atom stereocenters. The highest BCUT2D eigenvalue weighted by atomic mass is 32.2. The number of rotatable bonds is 5. The van der Waals surface area contributed by atoms with Crippen LogP contribution in [0.4, 0.5) is 17.1 Å². The molecule has 0 aliphatic carbocycles. The summed E-state index contributed by atoms with van der Waals surface area (Å²) in [7, 11) is -1.64. The minimum absolute atomic E-state index is 0.527. The predicted molar refractivity (Wildman–Crippen MR) is 85.9 cm³/mol. The maximum Gasteiger partial charge on any atom is 0.229 e. The standard InChI is InChI=1S/C15H18N2O3S/c1-11-4-9-15(20-2)14(10-11)16-12-5-7-13(8-6-12)17-21(3,18)19/h4-10,16-17H,1-3H3. The van der Waals surface area contributed by atoms with Crippen molar-refractivity contribution >= 4 is 27.1 Å². The normalized spacial score (nSPS) is 11.0. The number of ether oxygens (including phenoxy) is 1. The Kier molecular flexibility index (Phi) is 4.37. The van der Waals surface area contributed by atoms with E-state index in [1.807, 2.05) is 25.1 Å². The fraction of sp³-hybridized carbons (Fsp3) is 0.200. The number of anilines is 3. The van der Waals surface area contributed by atoms with Gasteiger partial charge in [-0.05, 0) is 48.9 Å². The molecular formula is C15H18N2O3S. The molecule has 2 aromatic carbocycles. The van der Waals surface area contributed by atoms with Gasteiger partial charge in [-0.2, -0.15) is 0 Å². The summed E-state index contributed by atoms with van der Waals surface area (Å²) in [5, 5.41) is 3.25. The van der Waals surface area contributed by atoms with Crippen molar-refractivity contribution in [2.75, 3.05) is 23.4 Å². The van der Waals surface area contributed by atoms with Gasteiger partial charge in [0, 0.05) is 11.4 Å². The van der Waals surface area contributed by atoms with E-state index < -0.39 is 10.0 Å². The highest BCUT2D eigenvalue weighted by Gasteiger charge is 2.05. The van der Waals surface area contributed by atoms with Crippen LogP contribution < -0.4 is 14.8 Å². The quantitative estimate of drug-likeness (QED) is 0.890. The second-order valence-electron chi connectivity index (χ2n) is 4.78. The van der Waals surface area contributed by atoms with Crippen LogP contribution in [0.2, 0.25) is 0 Å². The van der Waals surface area contributed by atoms with Crippen molar-refractivity contribution in [1.29, 1.82) is 0 Å². The molecule has 0 aromatic heterocycles. The largest absolute Gasteiger partial charge is 0.495 e. The molecule has 0 unspecified atom stereocenters. The molecule has 0 spiro atoms. The van der Waals surface area contributed by atoms with E-state index in [1.165, 1.54) is 0 Å². The summed E-state index contributed by atoms with van der Waals surface area (Å²) in [6.45, 7) is 2.00. The molecule has 0 aliphatic heterocycles. The van der Waals surface area contributed by atoms with E-state index in [2.05, 4.69) is 10.0 Å². The molecule has 21 heavy (non-hydrogen) atoms. The summed E-state index contributed by atoms with van der Waals surface area (Å²) in [5.41, 5.74) is 3.35. The van der Waals surface area contributed by atoms with E-state index in [-0.39, 0.29) is 0 Å². The van der Waals surface area contributed by atoms with Crippen LogP contribution in [-0.4, -0.2) is 21.8 Å². The van der Waals surface area contributed by atoms with Crippen LogP contribution in [0.5, 0.6) is 5.75 Å². The second-order valence-corrected chi connectivity index (χ2v) is 6.53. The maximum atomic E-state index is 11.2. The lowest BCUT2D eigenvalue weighted by molar-refractivity contribution is 0.416. The summed E-state index contributed by atoms with van der Waals surface area (Å²) in [6, 6.07) is 12.9. The maximum absolute atomic E-state index is 11.2. The lowest BCUT2D eigenvalue weighted by Gasteiger charge is -2.12. The van der Waals surface area contributed by atoms with E-state index in [1.54, 1.807) is 31.4 Å². The molecule has 0 radical (unpaired) electrons. The molecule has 0 amide bonds. The number of methoxy groups -OCH3 is 1. The average Bonchev–Trinajstić information content (AvgIpc) is 2.40. The molecule has 2 rings (SSSR count). The number of sulfonamides is 1. The van der Waals surface area contributed by atoms with E-state index in [0.29, 0.717) is 5.69 Å². The molecule has 0 saturated heterocycles. The Hall–Kier alpha value is -2.21. The summed E-state index contributed by atoms with van der Waals surface area (Å²) >= 11 is 0. The summed E-state index contributed by atoms with van der Waals surface area (Å²) < 4.78 is 30.0. The molecule has 0 saturated carbocycles. The second kappa shape index (κ2) is 6.05. The van der Waals surface area contributed by atoms with Crippen molar-refractivity contribution in [3.63, 3.8) is 0 Å². The van der Waals surface area contributed by atoms with E-state index in [9.17, 15) is 8.42 Å². The first-order valence-electron chi connectivity index (χ1n) is 6.37. The average molecular weight is 306 g/mol. The monoisotopic (exact) mass is 306 g/mol. The smallest absolute Gasteiger partial charge is 0.229 e. The lowest BCUT2D eigenvalue weighted by Crippen LogP contribution is -2.09. The van der Waals surface area contributed by atoms with Crippen LogP contribution >= 0.6 is 0 Å². The van der Waals surface area contributed by atoms with Gasteiger partial charge in [0.1, 0.15) is 5.75 Å².